The first kappa shape index (κ1) is 12.0. The third kappa shape index (κ3) is 2.26. The van der Waals surface area contributed by atoms with Crippen LogP contribution in [0.25, 0.3) is 6.08 Å². The molecule has 19 heavy (non-hydrogen) atoms. The zero-order chi connectivity index (χ0) is 13.2. The van der Waals surface area contributed by atoms with Crippen molar-refractivity contribution in [2.75, 3.05) is 7.11 Å². The molecule has 0 aromatic heterocycles. The van der Waals surface area contributed by atoms with E-state index in [0.29, 0.717) is 11.6 Å². The van der Waals surface area contributed by atoms with Crippen LogP contribution >= 0.6 is 0 Å². The fourth-order valence-electron chi connectivity index (χ4n) is 2.29. The molecule has 2 aliphatic rings. The van der Waals surface area contributed by atoms with Crippen LogP contribution in [0.4, 0.5) is 0 Å². The molecule has 1 aliphatic heterocycles. The van der Waals surface area contributed by atoms with Crippen LogP contribution in [0.1, 0.15) is 24.8 Å². The smallest absolute Gasteiger partial charge is 0.275 e. The molecule has 1 aromatic rings. The van der Waals surface area contributed by atoms with Gasteiger partial charge < -0.3 is 10.1 Å². The van der Waals surface area contributed by atoms with E-state index in [1.165, 1.54) is 6.42 Å². The lowest BCUT2D eigenvalue weighted by Gasteiger charge is -2.24. The van der Waals surface area contributed by atoms with E-state index in [0.717, 1.165) is 30.0 Å². The second-order valence-corrected chi connectivity index (χ2v) is 4.85. The zero-order valence-electron chi connectivity index (χ0n) is 10.8. The molecule has 0 saturated heterocycles. The molecule has 1 aromatic carbocycles. The second-order valence-electron chi connectivity index (χ2n) is 4.85. The molecule has 1 fully saturated rings. The Kier molecular flexibility index (Phi) is 3.07. The van der Waals surface area contributed by atoms with Gasteiger partial charge in [0, 0.05) is 11.5 Å². The molecular formula is C15H16N2O2. The number of amidine groups is 1. The van der Waals surface area contributed by atoms with Gasteiger partial charge in [0.25, 0.3) is 5.91 Å². The molecule has 3 rings (SSSR count). The number of carbonyl (C=O) groups is 1. The van der Waals surface area contributed by atoms with Crippen molar-refractivity contribution in [1.29, 1.82) is 0 Å². The average Bonchev–Trinajstić information content (AvgIpc) is 2.69. The number of nitrogens with one attached hydrogen (secondary N) is 1. The Morgan fingerprint density at radius 1 is 1.37 bits per heavy atom. The van der Waals surface area contributed by atoms with Gasteiger partial charge in [-0.2, -0.15) is 0 Å². The van der Waals surface area contributed by atoms with Gasteiger partial charge in [0.1, 0.15) is 17.3 Å². The second kappa shape index (κ2) is 4.88. The molecule has 0 bridgehead atoms. The Hall–Kier alpha value is -2.10. The van der Waals surface area contributed by atoms with Gasteiger partial charge in [-0.05, 0) is 25.0 Å². The van der Waals surface area contributed by atoms with Gasteiger partial charge in [-0.1, -0.05) is 24.6 Å². The molecule has 1 aliphatic carbocycles. The summed E-state index contributed by atoms with van der Waals surface area (Å²) in [6.07, 6.45) is 5.26. The third-order valence-electron chi connectivity index (χ3n) is 3.64. The molecular weight excluding hydrogens is 240 g/mol. The highest BCUT2D eigenvalue weighted by Gasteiger charge is 2.30. The lowest BCUT2D eigenvalue weighted by molar-refractivity contribution is -0.115. The number of ether oxygens (including phenoxy) is 1. The van der Waals surface area contributed by atoms with Gasteiger partial charge in [0.15, 0.2) is 0 Å². The van der Waals surface area contributed by atoms with Gasteiger partial charge in [0.2, 0.25) is 0 Å². The summed E-state index contributed by atoms with van der Waals surface area (Å²) < 4.78 is 5.27. The van der Waals surface area contributed by atoms with E-state index < -0.39 is 0 Å². The number of benzene rings is 1. The Morgan fingerprint density at radius 3 is 2.84 bits per heavy atom. The fraction of sp³-hybridized carbons (Fsp3) is 0.333. The molecule has 1 amide bonds. The van der Waals surface area contributed by atoms with E-state index in [-0.39, 0.29) is 5.91 Å². The summed E-state index contributed by atoms with van der Waals surface area (Å²) in [4.78, 5) is 16.3. The summed E-state index contributed by atoms with van der Waals surface area (Å²) in [5, 5.41) is 2.87. The van der Waals surface area contributed by atoms with Crippen molar-refractivity contribution in [3.05, 3.63) is 35.5 Å². The first-order chi connectivity index (χ1) is 9.28. The topological polar surface area (TPSA) is 50.7 Å². The third-order valence-corrected chi connectivity index (χ3v) is 3.64. The van der Waals surface area contributed by atoms with Gasteiger partial charge in [-0.25, -0.2) is 4.99 Å². The molecule has 0 atom stereocenters. The van der Waals surface area contributed by atoms with Crippen molar-refractivity contribution in [3.63, 3.8) is 0 Å². The van der Waals surface area contributed by atoms with Crippen LogP contribution in [0.3, 0.4) is 0 Å². The molecule has 1 N–H and O–H groups in total. The minimum absolute atomic E-state index is 0.118. The lowest BCUT2D eigenvalue weighted by atomic mass is 9.84. The van der Waals surface area contributed by atoms with Gasteiger partial charge >= 0.3 is 0 Å². The summed E-state index contributed by atoms with van der Waals surface area (Å²) in [6.45, 7) is 0. The summed E-state index contributed by atoms with van der Waals surface area (Å²) in [5.41, 5.74) is 1.33. The van der Waals surface area contributed by atoms with Crippen LogP contribution < -0.4 is 10.1 Å². The van der Waals surface area contributed by atoms with Crippen molar-refractivity contribution in [2.45, 2.75) is 19.3 Å². The number of amides is 1. The molecule has 1 heterocycles. The Bertz CT molecular complexity index is 571. The van der Waals surface area contributed by atoms with Gasteiger partial charge in [0.05, 0.1) is 7.11 Å². The number of para-hydroxylation sites is 1. The Morgan fingerprint density at radius 2 is 2.16 bits per heavy atom. The highest BCUT2D eigenvalue weighted by molar-refractivity contribution is 6.15. The monoisotopic (exact) mass is 256 g/mol. The van der Waals surface area contributed by atoms with Crippen molar-refractivity contribution < 1.29 is 9.53 Å². The van der Waals surface area contributed by atoms with Crippen LogP contribution in [0, 0.1) is 5.92 Å². The predicted molar refractivity (Wildman–Crippen MR) is 73.9 cm³/mol. The number of hydrogen-bond donors (Lipinski definition) is 1. The van der Waals surface area contributed by atoms with Crippen LogP contribution in [0.5, 0.6) is 5.75 Å². The first-order valence-corrected chi connectivity index (χ1v) is 6.52. The number of aliphatic imine (C=N–C) groups is 1. The molecule has 1 saturated carbocycles. The highest BCUT2D eigenvalue weighted by Crippen LogP contribution is 2.30. The summed E-state index contributed by atoms with van der Waals surface area (Å²) in [5.74, 6) is 1.90. The van der Waals surface area contributed by atoms with Crippen molar-refractivity contribution in [1.82, 2.24) is 5.32 Å². The van der Waals surface area contributed by atoms with E-state index in [1.54, 1.807) is 13.2 Å². The SMILES string of the molecule is COc1ccccc1/C=C1/N=C(C2CCC2)NC1=O. The minimum atomic E-state index is -0.118. The Labute approximate surface area is 112 Å². The van der Waals surface area contributed by atoms with Crippen molar-refractivity contribution >= 4 is 17.8 Å². The van der Waals surface area contributed by atoms with Crippen molar-refractivity contribution in [3.8, 4) is 5.75 Å². The van der Waals surface area contributed by atoms with Crippen molar-refractivity contribution in [2.24, 2.45) is 10.9 Å². The molecule has 0 spiro atoms. The Balaban J connectivity index is 1.90. The van der Waals surface area contributed by atoms with E-state index >= 15 is 0 Å². The molecule has 0 radical (unpaired) electrons. The maximum absolute atomic E-state index is 11.9. The highest BCUT2D eigenvalue weighted by atomic mass is 16.5. The number of hydrogen-bond acceptors (Lipinski definition) is 3. The predicted octanol–water partition coefficient (Wildman–Crippen LogP) is 2.36. The number of nitrogens with zero attached hydrogens (tertiary/aromatic N) is 1. The molecule has 98 valence electrons. The van der Waals surface area contributed by atoms with E-state index in [9.17, 15) is 4.79 Å². The van der Waals surface area contributed by atoms with Crippen LogP contribution in [0.15, 0.2) is 35.0 Å². The van der Waals surface area contributed by atoms with Crippen LogP contribution in [0.2, 0.25) is 0 Å². The summed E-state index contributed by atoms with van der Waals surface area (Å²) >= 11 is 0. The normalized spacial score (nSPS) is 21.0. The maximum Gasteiger partial charge on any atom is 0.275 e. The van der Waals surface area contributed by atoms with E-state index in [1.807, 2.05) is 24.3 Å². The standard InChI is InChI=1S/C15H16N2O2/c1-19-13-8-3-2-5-11(13)9-12-15(18)17-14(16-12)10-6-4-7-10/h2-3,5,8-10H,4,6-7H2,1H3,(H,16,17,18)/b12-9+. The van der Waals surface area contributed by atoms with Gasteiger partial charge in [-0.3, -0.25) is 4.79 Å². The zero-order valence-corrected chi connectivity index (χ0v) is 10.8. The number of carbonyl (C=O) groups excluding carboxylic acids is 1. The molecule has 4 nitrogen and oxygen atoms in total. The molecule has 0 unspecified atom stereocenters. The number of rotatable bonds is 3. The average molecular weight is 256 g/mol. The first-order valence-electron chi connectivity index (χ1n) is 6.52. The van der Waals surface area contributed by atoms with Crippen LogP contribution in [-0.2, 0) is 4.79 Å². The summed E-state index contributed by atoms with van der Waals surface area (Å²) in [7, 11) is 1.62. The molecule has 4 heteroatoms. The largest absolute Gasteiger partial charge is 0.496 e. The van der Waals surface area contributed by atoms with E-state index in [4.69, 9.17) is 4.74 Å². The van der Waals surface area contributed by atoms with Crippen LogP contribution in [-0.4, -0.2) is 18.9 Å². The maximum atomic E-state index is 11.9. The van der Waals surface area contributed by atoms with Gasteiger partial charge in [-0.15, -0.1) is 0 Å². The fourth-order valence-corrected chi connectivity index (χ4v) is 2.29. The summed E-state index contributed by atoms with van der Waals surface area (Å²) in [6, 6.07) is 7.60. The van der Waals surface area contributed by atoms with E-state index in [2.05, 4.69) is 10.3 Å². The number of methoxy groups -OCH3 is 1. The quantitative estimate of drug-likeness (QED) is 0.844. The lowest BCUT2D eigenvalue weighted by Crippen LogP contribution is -2.33. The minimum Gasteiger partial charge on any atom is -0.496 e.